The lowest BCUT2D eigenvalue weighted by molar-refractivity contribution is 0.551. The highest BCUT2D eigenvalue weighted by molar-refractivity contribution is 7.13. The molecule has 0 spiro atoms. The van der Waals surface area contributed by atoms with Crippen LogP contribution in [0.15, 0.2) is 35.8 Å². The van der Waals surface area contributed by atoms with Gasteiger partial charge in [0.1, 0.15) is 5.01 Å². The minimum Gasteiger partial charge on any atom is -0.385 e. The maximum Gasteiger partial charge on any atom is 0.123 e. The molecule has 1 heterocycles. The molecule has 2 aromatic rings. The van der Waals surface area contributed by atoms with E-state index in [0.717, 1.165) is 17.5 Å². The summed E-state index contributed by atoms with van der Waals surface area (Å²) >= 11 is 1.68. The van der Waals surface area contributed by atoms with Crippen LogP contribution in [0.2, 0.25) is 0 Å². The summed E-state index contributed by atoms with van der Waals surface area (Å²) in [6.45, 7) is 5.57. The number of aromatic nitrogens is 1. The van der Waals surface area contributed by atoms with E-state index in [4.69, 9.17) is 0 Å². The quantitative estimate of drug-likeness (QED) is 0.817. The molecule has 18 heavy (non-hydrogen) atoms. The molecule has 1 N–H and O–H groups in total. The first-order chi connectivity index (χ1) is 8.79. The maximum atomic E-state index is 4.34. The second-order valence-corrected chi connectivity index (χ2v) is 5.59. The summed E-state index contributed by atoms with van der Waals surface area (Å²) in [6, 6.07) is 8.50. The molecular weight excluding hydrogens is 240 g/mol. The van der Waals surface area contributed by atoms with Gasteiger partial charge in [0, 0.05) is 29.4 Å². The zero-order valence-electron chi connectivity index (χ0n) is 11.0. The highest BCUT2D eigenvalue weighted by Crippen LogP contribution is 2.24. The molecule has 0 aliphatic heterocycles. The molecule has 0 fully saturated rings. The minimum absolute atomic E-state index is 0.721. The van der Waals surface area contributed by atoms with Crippen LogP contribution in [0.5, 0.6) is 0 Å². The summed E-state index contributed by atoms with van der Waals surface area (Å²) in [5.74, 6) is 0.721. The van der Waals surface area contributed by atoms with Gasteiger partial charge in [-0.15, -0.1) is 11.3 Å². The van der Waals surface area contributed by atoms with Gasteiger partial charge in [0.2, 0.25) is 0 Å². The Morgan fingerprint density at radius 3 is 3.00 bits per heavy atom. The van der Waals surface area contributed by atoms with Crippen molar-refractivity contribution in [1.82, 2.24) is 4.98 Å². The Bertz CT molecular complexity index is 465. The number of nitrogens with one attached hydrogen (secondary N) is 1. The Morgan fingerprint density at radius 1 is 1.39 bits per heavy atom. The zero-order chi connectivity index (χ0) is 12.8. The van der Waals surface area contributed by atoms with Crippen molar-refractivity contribution in [1.29, 1.82) is 0 Å². The first-order valence-corrected chi connectivity index (χ1v) is 7.41. The molecule has 0 aliphatic carbocycles. The summed E-state index contributed by atoms with van der Waals surface area (Å²) < 4.78 is 0. The van der Waals surface area contributed by atoms with Gasteiger partial charge in [0.15, 0.2) is 0 Å². The number of nitrogens with zero attached hydrogens (tertiary/aromatic N) is 1. The molecule has 0 amide bonds. The molecule has 3 heteroatoms. The molecule has 0 saturated heterocycles. The van der Waals surface area contributed by atoms with E-state index < -0.39 is 0 Å². The summed E-state index contributed by atoms with van der Waals surface area (Å²) in [5, 5.41) is 6.60. The van der Waals surface area contributed by atoms with Crippen LogP contribution in [0.1, 0.15) is 26.7 Å². The van der Waals surface area contributed by atoms with Crippen molar-refractivity contribution < 1.29 is 0 Å². The molecule has 0 radical (unpaired) electrons. The topological polar surface area (TPSA) is 24.9 Å². The normalized spacial score (nSPS) is 12.3. The van der Waals surface area contributed by atoms with Crippen LogP contribution in [0, 0.1) is 5.92 Å². The van der Waals surface area contributed by atoms with Gasteiger partial charge >= 0.3 is 0 Å². The molecule has 0 saturated carbocycles. The molecule has 1 aromatic carbocycles. The lowest BCUT2D eigenvalue weighted by Crippen LogP contribution is -2.10. The number of hydrogen-bond donors (Lipinski definition) is 1. The highest BCUT2D eigenvalue weighted by atomic mass is 32.1. The van der Waals surface area contributed by atoms with Crippen LogP contribution in [0.3, 0.4) is 0 Å². The third-order valence-electron chi connectivity index (χ3n) is 2.98. The van der Waals surface area contributed by atoms with Gasteiger partial charge in [-0.3, -0.25) is 0 Å². The maximum absolute atomic E-state index is 4.34. The van der Waals surface area contributed by atoms with Crippen LogP contribution in [0.4, 0.5) is 5.69 Å². The van der Waals surface area contributed by atoms with Crippen molar-refractivity contribution in [2.45, 2.75) is 26.7 Å². The number of rotatable bonds is 6. The number of hydrogen-bond acceptors (Lipinski definition) is 3. The highest BCUT2D eigenvalue weighted by Gasteiger charge is 2.03. The van der Waals surface area contributed by atoms with Crippen molar-refractivity contribution in [3.8, 4) is 10.6 Å². The Morgan fingerprint density at radius 2 is 2.28 bits per heavy atom. The predicted octanol–water partition coefficient (Wildman–Crippen LogP) is 4.66. The zero-order valence-corrected chi connectivity index (χ0v) is 11.8. The van der Waals surface area contributed by atoms with Crippen molar-refractivity contribution in [2.75, 3.05) is 11.9 Å². The second kappa shape index (κ2) is 6.55. The Labute approximate surface area is 113 Å². The fourth-order valence-electron chi connectivity index (χ4n) is 2.02. The van der Waals surface area contributed by atoms with E-state index in [9.17, 15) is 0 Å². The fourth-order valence-corrected chi connectivity index (χ4v) is 2.65. The van der Waals surface area contributed by atoms with E-state index in [1.165, 1.54) is 24.1 Å². The van der Waals surface area contributed by atoms with Gasteiger partial charge < -0.3 is 5.32 Å². The Kier molecular flexibility index (Phi) is 4.76. The molecule has 0 aliphatic rings. The Balaban J connectivity index is 2.00. The van der Waals surface area contributed by atoms with Crippen LogP contribution < -0.4 is 5.32 Å². The van der Waals surface area contributed by atoms with Gasteiger partial charge in [-0.1, -0.05) is 32.4 Å². The molecular formula is C15H20N2S. The minimum atomic E-state index is 0.721. The predicted molar refractivity (Wildman–Crippen MR) is 80.1 cm³/mol. The molecule has 0 bridgehead atoms. The lowest BCUT2D eigenvalue weighted by atomic mass is 10.1. The standard InChI is InChI=1S/C15H20N2S/c1-3-5-12(2)11-17-14-7-4-6-13(10-14)15-16-8-9-18-15/h4,6-10,12,17H,3,5,11H2,1-2H3. The Hall–Kier alpha value is -1.35. The number of anilines is 1. The smallest absolute Gasteiger partial charge is 0.123 e. The first kappa shape index (κ1) is 13.1. The van der Waals surface area contributed by atoms with E-state index >= 15 is 0 Å². The largest absolute Gasteiger partial charge is 0.385 e. The van der Waals surface area contributed by atoms with E-state index in [2.05, 4.69) is 48.4 Å². The molecule has 1 atom stereocenters. The van der Waals surface area contributed by atoms with Crippen molar-refractivity contribution in [2.24, 2.45) is 5.92 Å². The van der Waals surface area contributed by atoms with Gasteiger partial charge in [-0.2, -0.15) is 0 Å². The van der Waals surface area contributed by atoms with Crippen molar-refractivity contribution in [3.05, 3.63) is 35.8 Å². The van der Waals surface area contributed by atoms with Gasteiger partial charge in [-0.25, -0.2) is 4.98 Å². The van der Waals surface area contributed by atoms with Gasteiger partial charge in [0.05, 0.1) is 0 Å². The molecule has 2 rings (SSSR count). The third kappa shape index (κ3) is 3.57. The van der Waals surface area contributed by atoms with Gasteiger partial charge in [0.25, 0.3) is 0 Å². The van der Waals surface area contributed by atoms with Crippen LogP contribution >= 0.6 is 11.3 Å². The number of benzene rings is 1. The van der Waals surface area contributed by atoms with Crippen molar-refractivity contribution in [3.63, 3.8) is 0 Å². The lowest BCUT2D eigenvalue weighted by Gasteiger charge is -2.13. The second-order valence-electron chi connectivity index (χ2n) is 4.69. The molecule has 1 aromatic heterocycles. The molecule has 96 valence electrons. The van der Waals surface area contributed by atoms with Crippen LogP contribution in [-0.2, 0) is 0 Å². The van der Waals surface area contributed by atoms with Crippen LogP contribution in [-0.4, -0.2) is 11.5 Å². The molecule has 1 unspecified atom stereocenters. The monoisotopic (exact) mass is 260 g/mol. The SMILES string of the molecule is CCCC(C)CNc1cccc(-c2nccs2)c1. The average Bonchev–Trinajstić information content (AvgIpc) is 2.91. The summed E-state index contributed by atoms with van der Waals surface area (Å²) in [4.78, 5) is 4.34. The van der Waals surface area contributed by atoms with Crippen molar-refractivity contribution >= 4 is 17.0 Å². The van der Waals surface area contributed by atoms with Gasteiger partial charge in [-0.05, 0) is 24.5 Å². The molecule has 2 nitrogen and oxygen atoms in total. The summed E-state index contributed by atoms with van der Waals surface area (Å²) in [6.07, 6.45) is 4.38. The van der Waals surface area contributed by atoms with Crippen LogP contribution in [0.25, 0.3) is 10.6 Å². The third-order valence-corrected chi connectivity index (χ3v) is 3.80. The van der Waals surface area contributed by atoms with E-state index in [1.54, 1.807) is 11.3 Å². The van der Waals surface area contributed by atoms with E-state index in [0.29, 0.717) is 0 Å². The van der Waals surface area contributed by atoms with E-state index in [1.807, 2.05) is 11.6 Å². The fraction of sp³-hybridized carbons (Fsp3) is 0.400. The number of thiazole rings is 1. The summed E-state index contributed by atoms with van der Waals surface area (Å²) in [5.41, 5.74) is 2.38. The average molecular weight is 260 g/mol. The summed E-state index contributed by atoms with van der Waals surface area (Å²) in [7, 11) is 0. The van der Waals surface area contributed by atoms with E-state index in [-0.39, 0.29) is 0 Å². The first-order valence-electron chi connectivity index (χ1n) is 6.53.